The molecule has 0 unspecified atom stereocenters. The fourth-order valence-corrected chi connectivity index (χ4v) is 3.22. The second-order valence-electron chi connectivity index (χ2n) is 7.10. The number of nitrogens with one attached hydrogen (secondary N) is 3. The lowest BCUT2D eigenvalue weighted by Crippen LogP contribution is -2.75. The number of carbonyl (C=O) groups excluding carboxylic acids is 1. The summed E-state index contributed by atoms with van der Waals surface area (Å²) in [5.41, 5.74) is -2.96. The van der Waals surface area contributed by atoms with E-state index in [-0.39, 0.29) is 12.0 Å². The molecule has 3 N–H and O–H groups in total. The van der Waals surface area contributed by atoms with Gasteiger partial charge in [-0.2, -0.15) is 26.3 Å². The van der Waals surface area contributed by atoms with E-state index >= 15 is 0 Å². The number of halogens is 6. The molecular formula is C21H19F6N3O. The molecule has 0 saturated carbocycles. The molecule has 1 amide bonds. The second-order valence-corrected chi connectivity index (χ2v) is 7.10. The van der Waals surface area contributed by atoms with Gasteiger partial charge in [0.1, 0.15) is 0 Å². The minimum atomic E-state index is -5.84. The van der Waals surface area contributed by atoms with E-state index in [1.807, 2.05) is 0 Å². The predicted octanol–water partition coefficient (Wildman–Crippen LogP) is 4.86. The zero-order valence-electron chi connectivity index (χ0n) is 16.3. The molecule has 0 bridgehead atoms. The van der Waals surface area contributed by atoms with Crippen LogP contribution in [0.5, 0.6) is 0 Å². The van der Waals surface area contributed by atoms with Gasteiger partial charge in [0.25, 0.3) is 11.6 Å². The van der Waals surface area contributed by atoms with Crippen molar-refractivity contribution in [3.05, 3.63) is 71.4 Å². The first-order valence-corrected chi connectivity index (χ1v) is 9.27. The SMILES string of the molecule is Cc1ccc(C(=O)NC(NCCc2c[nH]c3ccccc23)(C(F)(F)F)C(F)(F)F)cc1. The lowest BCUT2D eigenvalue weighted by Gasteiger charge is -2.38. The third kappa shape index (κ3) is 4.53. The van der Waals surface area contributed by atoms with Gasteiger partial charge in [-0.05, 0) is 37.1 Å². The highest BCUT2D eigenvalue weighted by molar-refractivity contribution is 5.94. The lowest BCUT2D eigenvalue weighted by molar-refractivity contribution is -0.314. The number of H-pyrrole nitrogens is 1. The maximum absolute atomic E-state index is 13.7. The summed E-state index contributed by atoms with van der Waals surface area (Å²) < 4.78 is 82.4. The van der Waals surface area contributed by atoms with Crippen LogP contribution in [0.1, 0.15) is 21.5 Å². The van der Waals surface area contributed by atoms with Gasteiger partial charge in [0.05, 0.1) is 0 Å². The van der Waals surface area contributed by atoms with Crippen LogP contribution in [0, 0.1) is 6.92 Å². The summed E-state index contributed by atoms with van der Waals surface area (Å²) in [4.78, 5) is 15.2. The quantitative estimate of drug-likeness (QED) is 0.377. The van der Waals surface area contributed by atoms with Gasteiger partial charge in [-0.25, -0.2) is 0 Å². The molecule has 10 heteroatoms. The number of benzene rings is 2. The second kappa shape index (κ2) is 8.26. The van der Waals surface area contributed by atoms with Gasteiger partial charge in [-0.1, -0.05) is 35.9 Å². The van der Waals surface area contributed by atoms with Crippen LogP contribution in [0.4, 0.5) is 26.3 Å². The predicted molar refractivity (Wildman–Crippen MR) is 103 cm³/mol. The van der Waals surface area contributed by atoms with E-state index in [4.69, 9.17) is 0 Å². The highest BCUT2D eigenvalue weighted by atomic mass is 19.4. The van der Waals surface area contributed by atoms with Crippen LogP contribution in [0.2, 0.25) is 0 Å². The van der Waals surface area contributed by atoms with Crippen molar-refractivity contribution in [2.75, 3.05) is 6.54 Å². The Morgan fingerprint density at radius 1 is 0.935 bits per heavy atom. The molecule has 0 aliphatic carbocycles. The Morgan fingerprint density at radius 3 is 2.16 bits per heavy atom. The molecule has 166 valence electrons. The first-order chi connectivity index (χ1) is 14.4. The number of hydrogen-bond donors (Lipinski definition) is 3. The minimum absolute atomic E-state index is 0.127. The standard InChI is InChI=1S/C21H19F6N3O/c1-13-6-8-14(9-7-13)18(31)30-19(20(22,23)24,21(25,26)27)29-11-10-15-12-28-17-5-3-2-4-16(15)17/h2-9,12,28-29H,10-11H2,1H3,(H,30,31). The van der Waals surface area contributed by atoms with E-state index in [0.717, 1.165) is 17.4 Å². The molecule has 3 rings (SSSR count). The number of rotatable bonds is 6. The van der Waals surface area contributed by atoms with Crippen molar-refractivity contribution in [1.82, 2.24) is 15.6 Å². The van der Waals surface area contributed by atoms with Crippen molar-refractivity contribution in [2.24, 2.45) is 0 Å². The maximum atomic E-state index is 13.7. The van der Waals surface area contributed by atoms with Crippen molar-refractivity contribution in [3.8, 4) is 0 Å². The number of aromatic amines is 1. The Hall–Kier alpha value is -3.01. The number of para-hydroxylation sites is 1. The summed E-state index contributed by atoms with van der Waals surface area (Å²) in [6.45, 7) is 0.985. The number of aryl methyl sites for hydroxylation is 1. The van der Waals surface area contributed by atoms with Gasteiger partial charge >= 0.3 is 12.4 Å². The van der Waals surface area contributed by atoms with Crippen molar-refractivity contribution in [1.29, 1.82) is 0 Å². The Morgan fingerprint density at radius 2 is 1.55 bits per heavy atom. The molecule has 0 aliphatic heterocycles. The lowest BCUT2D eigenvalue weighted by atomic mass is 10.1. The molecule has 0 aliphatic rings. The molecule has 3 aromatic rings. The van der Waals surface area contributed by atoms with Gasteiger partial charge in [-0.3, -0.25) is 10.1 Å². The van der Waals surface area contributed by atoms with E-state index in [2.05, 4.69) is 4.98 Å². The largest absolute Gasteiger partial charge is 0.434 e. The van der Waals surface area contributed by atoms with Crippen LogP contribution in [-0.2, 0) is 6.42 Å². The number of carbonyl (C=O) groups is 1. The van der Waals surface area contributed by atoms with Crippen LogP contribution in [0.15, 0.2) is 54.7 Å². The minimum Gasteiger partial charge on any atom is -0.361 e. The zero-order chi connectivity index (χ0) is 22.9. The number of amides is 1. The van der Waals surface area contributed by atoms with Gasteiger partial charge in [0, 0.05) is 29.2 Å². The zero-order valence-corrected chi connectivity index (χ0v) is 16.3. The summed E-state index contributed by atoms with van der Waals surface area (Å²) >= 11 is 0. The van der Waals surface area contributed by atoms with Crippen LogP contribution in [0.25, 0.3) is 10.9 Å². The monoisotopic (exact) mass is 443 g/mol. The first-order valence-electron chi connectivity index (χ1n) is 9.27. The number of alkyl halides is 6. The molecule has 0 atom stereocenters. The fourth-order valence-electron chi connectivity index (χ4n) is 3.22. The van der Waals surface area contributed by atoms with Crippen LogP contribution < -0.4 is 10.6 Å². The van der Waals surface area contributed by atoms with Crippen molar-refractivity contribution >= 4 is 16.8 Å². The van der Waals surface area contributed by atoms with Crippen LogP contribution in [-0.4, -0.2) is 35.5 Å². The van der Waals surface area contributed by atoms with E-state index in [1.54, 1.807) is 31.2 Å². The third-order valence-electron chi connectivity index (χ3n) is 4.92. The van der Waals surface area contributed by atoms with Gasteiger partial charge in [0.2, 0.25) is 0 Å². The summed E-state index contributed by atoms with van der Waals surface area (Å²) in [5.74, 6) is -1.49. The van der Waals surface area contributed by atoms with Crippen LogP contribution >= 0.6 is 0 Å². The third-order valence-corrected chi connectivity index (χ3v) is 4.92. The Labute approximate surface area is 173 Å². The van der Waals surface area contributed by atoms with Gasteiger partial charge in [0.15, 0.2) is 0 Å². The number of fused-ring (bicyclic) bond motifs is 1. The maximum Gasteiger partial charge on any atom is 0.434 e. The molecule has 4 nitrogen and oxygen atoms in total. The molecule has 31 heavy (non-hydrogen) atoms. The van der Waals surface area contributed by atoms with Crippen molar-refractivity contribution in [3.63, 3.8) is 0 Å². The Kier molecular flexibility index (Phi) is 6.04. The molecule has 0 fully saturated rings. The summed E-state index contributed by atoms with van der Waals surface area (Å²) in [6.07, 6.45) is -10.3. The number of aromatic nitrogens is 1. The molecule has 2 aromatic carbocycles. The normalized spacial score (nSPS) is 12.9. The van der Waals surface area contributed by atoms with E-state index in [9.17, 15) is 31.1 Å². The molecule has 0 spiro atoms. The fraction of sp³-hybridized carbons (Fsp3) is 0.286. The Balaban J connectivity index is 1.86. The summed E-state index contributed by atoms with van der Waals surface area (Å²) in [7, 11) is 0. The average molecular weight is 443 g/mol. The van der Waals surface area contributed by atoms with Gasteiger partial charge < -0.3 is 10.3 Å². The highest BCUT2D eigenvalue weighted by Gasteiger charge is 2.72. The van der Waals surface area contributed by atoms with E-state index in [1.165, 1.54) is 23.6 Å². The molecule has 1 heterocycles. The van der Waals surface area contributed by atoms with Crippen LogP contribution in [0.3, 0.4) is 0 Å². The molecule has 0 radical (unpaired) electrons. The summed E-state index contributed by atoms with van der Waals surface area (Å²) in [6, 6.07) is 12.1. The van der Waals surface area contributed by atoms with Gasteiger partial charge in [-0.15, -0.1) is 0 Å². The van der Waals surface area contributed by atoms with Crippen molar-refractivity contribution < 1.29 is 31.1 Å². The summed E-state index contributed by atoms with van der Waals surface area (Å²) in [5, 5.41) is 3.38. The van der Waals surface area contributed by atoms with Crippen molar-refractivity contribution in [2.45, 2.75) is 31.4 Å². The number of hydrogen-bond acceptors (Lipinski definition) is 2. The molecular weight excluding hydrogens is 424 g/mol. The highest BCUT2D eigenvalue weighted by Crippen LogP contribution is 2.41. The van der Waals surface area contributed by atoms with E-state index < -0.39 is 30.5 Å². The molecule has 0 saturated heterocycles. The first kappa shape index (κ1) is 22.7. The molecule has 1 aromatic heterocycles. The smallest absolute Gasteiger partial charge is 0.361 e. The average Bonchev–Trinajstić information content (AvgIpc) is 3.09. The topological polar surface area (TPSA) is 56.9 Å². The van der Waals surface area contributed by atoms with E-state index in [0.29, 0.717) is 22.0 Å². The Bertz CT molecular complexity index is 1040.